The highest BCUT2D eigenvalue weighted by molar-refractivity contribution is 5.94. The van der Waals surface area contributed by atoms with Crippen molar-refractivity contribution in [2.45, 2.75) is 117 Å². The lowest BCUT2D eigenvalue weighted by Gasteiger charge is -2.60. The second-order valence-corrected chi connectivity index (χ2v) is 18.7. The molecule has 0 spiro atoms. The average molecular weight is 837 g/mol. The summed E-state index contributed by atoms with van der Waals surface area (Å²) in [5.41, 5.74) is -1.94. The Balaban J connectivity index is 0.000000181. The molecule has 4 aliphatic carbocycles. The summed E-state index contributed by atoms with van der Waals surface area (Å²) < 4.78 is 32.1. The third-order valence-electron chi connectivity index (χ3n) is 15.2. The van der Waals surface area contributed by atoms with Gasteiger partial charge in [-0.1, -0.05) is 27.7 Å². The van der Waals surface area contributed by atoms with E-state index < -0.39 is 105 Å². The Morgan fingerprint density at radius 3 is 1.28 bits per heavy atom. The Morgan fingerprint density at radius 1 is 0.617 bits per heavy atom. The lowest BCUT2D eigenvalue weighted by atomic mass is 9.43. The predicted octanol–water partition coefficient (Wildman–Crippen LogP) is 5.82. The van der Waals surface area contributed by atoms with E-state index in [9.17, 15) is 48.6 Å². The maximum absolute atomic E-state index is 13.6. The van der Waals surface area contributed by atoms with Gasteiger partial charge in [-0.2, -0.15) is 0 Å². The molecule has 0 bridgehead atoms. The summed E-state index contributed by atoms with van der Waals surface area (Å²) in [6, 6.07) is 3.43. The summed E-state index contributed by atoms with van der Waals surface area (Å²) in [5.74, 6) is -8.88. The number of carboxylic acid groups (broad SMARTS) is 2. The van der Waals surface area contributed by atoms with Crippen LogP contribution in [0.25, 0.3) is 0 Å². The molecule has 16 nitrogen and oxygen atoms in total. The Hall–Kier alpha value is -5.28. The summed E-state index contributed by atoms with van der Waals surface area (Å²) in [7, 11) is 0. The number of carbonyl (C=O) groups is 8. The number of rotatable bonds is 6. The number of ketones is 2. The number of fused-ring (bicyclic) bond motifs is 6. The van der Waals surface area contributed by atoms with Crippen LogP contribution in [0.5, 0.6) is 0 Å². The first-order valence-electron chi connectivity index (χ1n) is 20.5. The Kier molecular flexibility index (Phi) is 10.9. The molecule has 2 N–H and O–H groups in total. The number of furan rings is 2. The van der Waals surface area contributed by atoms with Gasteiger partial charge in [-0.15, -0.1) is 0 Å². The molecule has 4 heterocycles. The molecule has 14 atom stereocenters. The molecule has 2 aromatic heterocycles. The third-order valence-corrected chi connectivity index (χ3v) is 15.2. The molecular weight excluding hydrogens is 784 g/mol. The molecule has 0 aromatic carbocycles. The second-order valence-electron chi connectivity index (χ2n) is 18.7. The minimum absolute atomic E-state index is 0.0445. The monoisotopic (exact) mass is 836 g/mol. The van der Waals surface area contributed by atoms with Gasteiger partial charge in [0.1, 0.15) is 12.2 Å². The topological polar surface area (TPSA) is 240 Å². The number of hydrogen-bond acceptors (Lipinski definition) is 14. The van der Waals surface area contributed by atoms with E-state index in [1.807, 2.05) is 27.7 Å². The van der Waals surface area contributed by atoms with Crippen molar-refractivity contribution in [3.8, 4) is 0 Å². The first kappa shape index (κ1) is 42.8. The van der Waals surface area contributed by atoms with Crippen molar-refractivity contribution in [2.75, 3.05) is 0 Å². The fourth-order valence-electron chi connectivity index (χ4n) is 12.7. The molecule has 8 rings (SSSR count). The van der Waals surface area contributed by atoms with Crippen LogP contribution in [0.4, 0.5) is 0 Å². The van der Waals surface area contributed by atoms with Crippen molar-refractivity contribution < 1.29 is 76.4 Å². The fraction of sp³-hybridized carbons (Fsp3) is 0.636. The van der Waals surface area contributed by atoms with E-state index in [0.717, 1.165) is 0 Å². The van der Waals surface area contributed by atoms with Gasteiger partial charge in [0.15, 0.2) is 23.8 Å². The van der Waals surface area contributed by atoms with Crippen molar-refractivity contribution in [1.29, 1.82) is 0 Å². The molecule has 60 heavy (non-hydrogen) atoms. The van der Waals surface area contributed by atoms with E-state index in [4.69, 9.17) is 27.8 Å². The standard InChI is InChI=1S/2C22H26O8/c2*1-11(23)29-15-8-14(19(25)26)21(2)6-4-13-20(27)30-16(12-5-7-28-10-12)9-22(13,3)18(21)17(15)24/h2*5,7,10,13-16,18H,4,6,8-9H2,1-3H3,(H,25,26)/t2*13-,14-,15-,16-,18-,21-,22-/m00/s1. The number of Topliss-reactive ketones (excluding diaryl/α,β-unsaturated/α-hetero) is 2. The minimum atomic E-state index is -1.12. The van der Waals surface area contributed by atoms with E-state index in [1.165, 1.54) is 38.9 Å². The summed E-state index contributed by atoms with van der Waals surface area (Å²) in [4.78, 5) is 101. The highest BCUT2D eigenvalue weighted by Gasteiger charge is 2.69. The number of ether oxygens (including phenoxy) is 4. The maximum Gasteiger partial charge on any atom is 0.310 e. The van der Waals surface area contributed by atoms with Crippen LogP contribution in [-0.2, 0) is 57.3 Å². The van der Waals surface area contributed by atoms with Crippen LogP contribution in [0.1, 0.15) is 116 Å². The second kappa shape index (κ2) is 15.3. The minimum Gasteiger partial charge on any atom is -0.481 e. The van der Waals surface area contributed by atoms with Crippen LogP contribution < -0.4 is 0 Å². The number of esters is 4. The zero-order valence-corrected chi connectivity index (χ0v) is 34.5. The molecule has 0 radical (unpaired) electrons. The summed E-state index contributed by atoms with van der Waals surface area (Å²) >= 11 is 0. The van der Waals surface area contributed by atoms with Gasteiger partial charge in [0.05, 0.1) is 48.7 Å². The van der Waals surface area contributed by atoms with Crippen LogP contribution in [0.3, 0.4) is 0 Å². The normalized spacial score (nSPS) is 40.7. The first-order valence-corrected chi connectivity index (χ1v) is 20.5. The van der Waals surface area contributed by atoms with Gasteiger partial charge in [0.25, 0.3) is 0 Å². The molecule has 6 aliphatic rings. The van der Waals surface area contributed by atoms with Crippen molar-refractivity contribution in [1.82, 2.24) is 0 Å². The molecule has 6 fully saturated rings. The van der Waals surface area contributed by atoms with Gasteiger partial charge < -0.3 is 38.0 Å². The molecular formula is C44H52O16. The first-order chi connectivity index (χ1) is 28.2. The smallest absolute Gasteiger partial charge is 0.310 e. The molecule has 16 heteroatoms. The molecule has 2 aliphatic heterocycles. The van der Waals surface area contributed by atoms with Crippen molar-refractivity contribution in [2.24, 2.45) is 57.2 Å². The molecule has 2 saturated heterocycles. The highest BCUT2D eigenvalue weighted by Crippen LogP contribution is 2.66. The van der Waals surface area contributed by atoms with E-state index in [1.54, 1.807) is 12.1 Å². The van der Waals surface area contributed by atoms with Crippen LogP contribution in [-0.4, -0.2) is 69.8 Å². The Morgan fingerprint density at radius 2 is 0.983 bits per heavy atom. The third kappa shape index (κ3) is 6.92. The fourth-order valence-corrected chi connectivity index (χ4v) is 12.7. The summed E-state index contributed by atoms with van der Waals surface area (Å²) in [6.07, 6.45) is 4.99. The van der Waals surface area contributed by atoms with E-state index in [2.05, 4.69) is 0 Å². The lowest BCUT2D eigenvalue weighted by molar-refractivity contribution is -0.211. The Bertz CT molecular complexity index is 1920. The van der Waals surface area contributed by atoms with Gasteiger partial charge in [0.2, 0.25) is 0 Å². The van der Waals surface area contributed by atoms with Crippen molar-refractivity contribution in [3.63, 3.8) is 0 Å². The van der Waals surface area contributed by atoms with E-state index >= 15 is 0 Å². The number of carboxylic acids is 2. The predicted molar refractivity (Wildman–Crippen MR) is 202 cm³/mol. The van der Waals surface area contributed by atoms with E-state index in [0.29, 0.717) is 49.7 Å². The van der Waals surface area contributed by atoms with Gasteiger partial charge in [-0.05, 0) is 72.3 Å². The SMILES string of the molecule is CC(=O)O[C@H]1C[C@@H](C(=O)O)[C@]2(C)CC[C@H]3C(=O)O[C@H](c4ccoc4)C[C@]3(C)[C@H]2C1=O.CC(=O)O[C@H]1C[C@@H](C(=O)O)[C@]2(C)CC[C@H]3C(=O)O[C@H](c4ccoc4)C[C@]3(C)[C@H]2C1=O. The van der Waals surface area contributed by atoms with Crippen LogP contribution in [0.2, 0.25) is 0 Å². The zero-order chi connectivity index (χ0) is 43.7. The average Bonchev–Trinajstić information content (AvgIpc) is 3.89. The molecule has 0 amide bonds. The number of hydrogen-bond donors (Lipinski definition) is 2. The van der Waals surface area contributed by atoms with E-state index in [-0.39, 0.29) is 36.3 Å². The zero-order valence-electron chi connectivity index (χ0n) is 34.5. The van der Waals surface area contributed by atoms with Crippen molar-refractivity contribution in [3.05, 3.63) is 48.3 Å². The van der Waals surface area contributed by atoms with Gasteiger partial charge in [-0.3, -0.25) is 38.4 Å². The number of carbonyl (C=O) groups excluding carboxylic acids is 6. The molecule has 324 valence electrons. The van der Waals surface area contributed by atoms with Crippen molar-refractivity contribution >= 4 is 47.4 Å². The number of aliphatic carboxylic acids is 2. The van der Waals surface area contributed by atoms with Gasteiger partial charge in [0, 0.05) is 49.7 Å². The molecule has 2 aromatic rings. The lowest BCUT2D eigenvalue weighted by Crippen LogP contribution is -2.64. The van der Waals surface area contributed by atoms with Crippen LogP contribution >= 0.6 is 0 Å². The summed E-state index contributed by atoms with van der Waals surface area (Å²) in [6.45, 7) is 9.81. The summed E-state index contributed by atoms with van der Waals surface area (Å²) in [5, 5.41) is 19.9. The number of cyclic esters (lactones) is 2. The Labute approximate surface area is 346 Å². The molecule has 0 unspecified atom stereocenters. The highest BCUT2D eigenvalue weighted by atomic mass is 16.6. The quantitative estimate of drug-likeness (QED) is 0.257. The van der Waals surface area contributed by atoms with Gasteiger partial charge in [-0.25, -0.2) is 0 Å². The molecule has 4 saturated carbocycles. The maximum atomic E-state index is 13.6. The van der Waals surface area contributed by atoms with Crippen LogP contribution in [0, 0.1) is 57.2 Å². The largest absolute Gasteiger partial charge is 0.481 e. The van der Waals surface area contributed by atoms with Crippen LogP contribution in [0.15, 0.2) is 46.0 Å². The van der Waals surface area contributed by atoms with Gasteiger partial charge >= 0.3 is 35.8 Å².